The fourth-order valence-corrected chi connectivity index (χ4v) is 8.44. The molecular formula is C52H35N3O. The summed E-state index contributed by atoms with van der Waals surface area (Å²) >= 11 is 0. The van der Waals surface area contributed by atoms with Crippen molar-refractivity contribution < 1.29 is 4.42 Å². The average Bonchev–Trinajstić information content (AvgIpc) is 3.64. The molecule has 0 saturated heterocycles. The number of benzene rings is 9. The third kappa shape index (κ3) is 5.38. The highest BCUT2D eigenvalue weighted by atomic mass is 16.3. The molecule has 1 aliphatic heterocycles. The van der Waals surface area contributed by atoms with Crippen molar-refractivity contribution in [2.45, 2.75) is 6.17 Å². The molecule has 0 spiro atoms. The van der Waals surface area contributed by atoms with Gasteiger partial charge in [0.25, 0.3) is 0 Å². The molecule has 0 bridgehead atoms. The Bertz CT molecular complexity index is 3220. The lowest BCUT2D eigenvalue weighted by Gasteiger charge is -2.33. The van der Waals surface area contributed by atoms with E-state index in [0.29, 0.717) is 5.84 Å². The minimum atomic E-state index is -0.398. The Hall–Kier alpha value is -7.30. The molecule has 1 aliphatic rings. The van der Waals surface area contributed by atoms with E-state index in [4.69, 9.17) is 14.4 Å². The molecular weight excluding hydrogens is 683 g/mol. The number of amidine groups is 2. The van der Waals surface area contributed by atoms with E-state index in [0.717, 1.165) is 61.0 Å². The van der Waals surface area contributed by atoms with Gasteiger partial charge in [-0.3, -0.25) is 0 Å². The van der Waals surface area contributed by atoms with Gasteiger partial charge < -0.3 is 9.32 Å². The molecule has 1 atom stereocenters. The standard InChI is InChI=1S/C52H35N3O/c1-55-51(37-25-23-36(24-26-37)44-19-10-16-35-13-6-7-17-43(35)44)53-50(41-28-22-34-12-3-5-15-39(34)30-41)54-52(55)46-31-42(40-27-21-33-11-2-4-14-38(33)29-40)32-48-49(46)45-18-8-9-20-47(45)56-48/h2-32,52H,1H3. The highest BCUT2D eigenvalue weighted by molar-refractivity contribution is 6.15. The highest BCUT2D eigenvalue weighted by Crippen LogP contribution is 2.42. The van der Waals surface area contributed by atoms with Gasteiger partial charge in [0, 0.05) is 34.5 Å². The summed E-state index contributed by atoms with van der Waals surface area (Å²) in [4.78, 5) is 13.1. The molecule has 0 amide bonds. The quantitative estimate of drug-likeness (QED) is 0.178. The van der Waals surface area contributed by atoms with Gasteiger partial charge >= 0.3 is 0 Å². The molecule has 2 heterocycles. The van der Waals surface area contributed by atoms with E-state index in [1.165, 1.54) is 38.1 Å². The second-order valence-corrected chi connectivity index (χ2v) is 14.6. The van der Waals surface area contributed by atoms with Crippen molar-refractivity contribution in [1.29, 1.82) is 0 Å². The largest absolute Gasteiger partial charge is 0.456 e. The lowest BCUT2D eigenvalue weighted by molar-refractivity contribution is 0.385. The van der Waals surface area contributed by atoms with Crippen LogP contribution in [0.1, 0.15) is 22.9 Å². The SMILES string of the molecule is CN1C(c2ccc(-c3cccc4ccccc34)cc2)=NC(c2ccc3ccccc3c2)=NC1c1cc(-c2ccc3ccccc3c2)cc2oc3ccccc3c12. The Morgan fingerprint density at radius 1 is 0.446 bits per heavy atom. The van der Waals surface area contributed by atoms with Crippen LogP contribution >= 0.6 is 0 Å². The molecule has 4 nitrogen and oxygen atoms in total. The van der Waals surface area contributed by atoms with E-state index in [-0.39, 0.29) is 0 Å². The van der Waals surface area contributed by atoms with Crippen molar-refractivity contribution in [1.82, 2.24) is 4.90 Å². The maximum absolute atomic E-state index is 6.63. The van der Waals surface area contributed by atoms with Gasteiger partial charge in [-0.1, -0.05) is 158 Å². The molecule has 10 aromatic rings. The molecule has 0 N–H and O–H groups in total. The van der Waals surface area contributed by atoms with Gasteiger partial charge in [-0.25, -0.2) is 9.98 Å². The molecule has 0 saturated carbocycles. The fourth-order valence-electron chi connectivity index (χ4n) is 8.44. The number of furan rings is 1. The molecule has 11 rings (SSSR count). The van der Waals surface area contributed by atoms with Crippen molar-refractivity contribution in [3.8, 4) is 22.3 Å². The first-order valence-electron chi connectivity index (χ1n) is 19.1. The minimum Gasteiger partial charge on any atom is -0.456 e. The Morgan fingerprint density at radius 2 is 1.04 bits per heavy atom. The minimum absolute atomic E-state index is 0.398. The molecule has 1 aromatic heterocycles. The van der Waals surface area contributed by atoms with Gasteiger partial charge in [-0.2, -0.15) is 0 Å². The van der Waals surface area contributed by atoms with Gasteiger partial charge in [0.15, 0.2) is 12.0 Å². The van der Waals surface area contributed by atoms with E-state index in [9.17, 15) is 0 Å². The van der Waals surface area contributed by atoms with Gasteiger partial charge in [0.2, 0.25) is 0 Å². The van der Waals surface area contributed by atoms with Crippen LogP contribution in [0, 0.1) is 0 Å². The van der Waals surface area contributed by atoms with Gasteiger partial charge in [0.1, 0.15) is 17.0 Å². The number of fused-ring (bicyclic) bond motifs is 6. The molecule has 1 unspecified atom stereocenters. The summed E-state index contributed by atoms with van der Waals surface area (Å²) < 4.78 is 6.63. The van der Waals surface area contributed by atoms with Crippen LogP contribution in [0.3, 0.4) is 0 Å². The van der Waals surface area contributed by atoms with E-state index in [1.807, 2.05) is 12.1 Å². The normalized spacial score (nSPS) is 14.5. The first-order valence-corrected chi connectivity index (χ1v) is 19.1. The molecule has 9 aromatic carbocycles. The lowest BCUT2D eigenvalue weighted by atomic mass is 9.94. The Morgan fingerprint density at radius 3 is 1.80 bits per heavy atom. The van der Waals surface area contributed by atoms with Gasteiger partial charge in [-0.15, -0.1) is 0 Å². The third-order valence-corrected chi connectivity index (χ3v) is 11.3. The summed E-state index contributed by atoms with van der Waals surface area (Å²) in [5.74, 6) is 1.55. The molecule has 0 radical (unpaired) electrons. The van der Waals surface area contributed by atoms with Crippen LogP contribution in [0.15, 0.2) is 202 Å². The average molecular weight is 718 g/mol. The Balaban J connectivity index is 1.10. The topological polar surface area (TPSA) is 41.1 Å². The number of rotatable bonds is 5. The van der Waals surface area contributed by atoms with Crippen molar-refractivity contribution >= 4 is 65.9 Å². The summed E-state index contributed by atoms with van der Waals surface area (Å²) in [6.07, 6.45) is -0.398. The van der Waals surface area contributed by atoms with Crippen LogP contribution in [-0.4, -0.2) is 23.6 Å². The first kappa shape index (κ1) is 32.2. The van der Waals surface area contributed by atoms with E-state index < -0.39 is 6.17 Å². The van der Waals surface area contributed by atoms with Crippen LogP contribution in [0.4, 0.5) is 0 Å². The van der Waals surface area contributed by atoms with Crippen molar-refractivity contribution in [3.63, 3.8) is 0 Å². The van der Waals surface area contributed by atoms with Crippen molar-refractivity contribution in [2.75, 3.05) is 7.05 Å². The van der Waals surface area contributed by atoms with Crippen LogP contribution in [-0.2, 0) is 0 Å². The predicted octanol–water partition coefficient (Wildman–Crippen LogP) is 13.2. The van der Waals surface area contributed by atoms with E-state index >= 15 is 0 Å². The van der Waals surface area contributed by atoms with E-state index in [2.05, 4.69) is 188 Å². The summed E-state index contributed by atoms with van der Waals surface area (Å²) in [5.41, 5.74) is 9.35. The smallest absolute Gasteiger partial charge is 0.159 e. The molecule has 4 heteroatoms. The maximum atomic E-state index is 6.63. The van der Waals surface area contributed by atoms with Crippen molar-refractivity contribution in [3.05, 3.63) is 205 Å². The zero-order valence-electron chi connectivity index (χ0n) is 30.7. The second kappa shape index (κ2) is 12.9. The number of aliphatic imine (C=N–C) groups is 2. The van der Waals surface area contributed by atoms with Gasteiger partial charge in [-0.05, 0) is 84.9 Å². The number of hydrogen-bond acceptors (Lipinski definition) is 4. The Labute approximate surface area is 324 Å². The fraction of sp³-hybridized carbons (Fsp3) is 0.0385. The molecule has 56 heavy (non-hydrogen) atoms. The third-order valence-electron chi connectivity index (χ3n) is 11.3. The second-order valence-electron chi connectivity index (χ2n) is 14.6. The summed E-state index contributed by atoms with van der Waals surface area (Å²) in [6.45, 7) is 0. The summed E-state index contributed by atoms with van der Waals surface area (Å²) in [7, 11) is 2.11. The van der Waals surface area contributed by atoms with Crippen LogP contribution in [0.5, 0.6) is 0 Å². The first-order chi connectivity index (χ1) is 27.6. The predicted molar refractivity (Wildman–Crippen MR) is 234 cm³/mol. The van der Waals surface area contributed by atoms with E-state index in [1.54, 1.807) is 0 Å². The van der Waals surface area contributed by atoms with Gasteiger partial charge in [0.05, 0.1) is 0 Å². The summed E-state index contributed by atoms with van der Waals surface area (Å²) in [5, 5.41) is 9.36. The van der Waals surface area contributed by atoms with Crippen LogP contribution in [0.2, 0.25) is 0 Å². The Kier molecular flexibility index (Phi) is 7.42. The van der Waals surface area contributed by atoms with Crippen LogP contribution in [0.25, 0.3) is 76.5 Å². The molecule has 264 valence electrons. The zero-order chi connectivity index (χ0) is 37.2. The van der Waals surface area contributed by atoms with Crippen LogP contribution < -0.4 is 0 Å². The number of nitrogens with zero attached hydrogens (tertiary/aromatic N) is 3. The molecule has 0 fully saturated rings. The summed E-state index contributed by atoms with van der Waals surface area (Å²) in [6, 6.07) is 66.8. The number of para-hydroxylation sites is 1. The monoisotopic (exact) mass is 717 g/mol. The number of hydrogen-bond donors (Lipinski definition) is 0. The maximum Gasteiger partial charge on any atom is 0.159 e. The zero-order valence-corrected chi connectivity index (χ0v) is 30.7. The molecule has 0 aliphatic carbocycles. The lowest BCUT2D eigenvalue weighted by Crippen LogP contribution is -2.35. The highest BCUT2D eigenvalue weighted by Gasteiger charge is 2.30. The van der Waals surface area contributed by atoms with Crippen molar-refractivity contribution in [2.24, 2.45) is 9.98 Å².